The highest BCUT2D eigenvalue weighted by Crippen LogP contribution is 2.13. The second-order valence-corrected chi connectivity index (χ2v) is 8.75. The second kappa shape index (κ2) is 9.84. The average Bonchev–Trinajstić information content (AvgIpc) is 2.78. The van der Waals surface area contributed by atoms with Gasteiger partial charge in [0.2, 0.25) is 0 Å². The Morgan fingerprint density at radius 2 is 1.27 bits per heavy atom. The van der Waals surface area contributed by atoms with Gasteiger partial charge in [-0.25, -0.2) is 8.42 Å². The fraction of sp³-hybridized carbons (Fsp3) is 0.130. The number of carbonyl (C=O) groups excluding carboxylic acids is 2. The van der Waals surface area contributed by atoms with Crippen molar-refractivity contribution in [3.8, 4) is 0 Å². The third-order valence-electron chi connectivity index (χ3n) is 4.42. The zero-order chi connectivity index (χ0) is 21.4. The van der Waals surface area contributed by atoms with Gasteiger partial charge in [0.1, 0.15) is 0 Å². The molecule has 0 heterocycles. The standard InChI is InChI=1S/C23H22N2O4S/c26-22(24-16-7-17-30(28,29)21-10-5-2-6-11-21)19-12-14-20(15-13-19)25-23(27)18-8-3-1-4-9-18/h1-6,8-15H,7,16-17H2,(H,24,26)(H,25,27). The molecule has 3 rings (SSSR count). The quantitative estimate of drug-likeness (QED) is 0.543. The lowest BCUT2D eigenvalue weighted by atomic mass is 10.1. The minimum Gasteiger partial charge on any atom is -0.352 e. The van der Waals surface area contributed by atoms with Gasteiger partial charge in [0.05, 0.1) is 10.6 Å². The summed E-state index contributed by atoms with van der Waals surface area (Å²) in [5.74, 6) is -0.567. The summed E-state index contributed by atoms with van der Waals surface area (Å²) >= 11 is 0. The van der Waals surface area contributed by atoms with Crippen molar-refractivity contribution >= 4 is 27.3 Å². The first kappa shape index (κ1) is 21.3. The van der Waals surface area contributed by atoms with Crippen LogP contribution in [0.5, 0.6) is 0 Å². The zero-order valence-electron chi connectivity index (χ0n) is 16.2. The summed E-state index contributed by atoms with van der Waals surface area (Å²) in [6.45, 7) is 0.247. The fourth-order valence-electron chi connectivity index (χ4n) is 2.81. The number of carbonyl (C=O) groups is 2. The molecule has 0 aromatic heterocycles. The van der Waals surface area contributed by atoms with Gasteiger partial charge in [-0.2, -0.15) is 0 Å². The third kappa shape index (κ3) is 5.78. The lowest BCUT2D eigenvalue weighted by Crippen LogP contribution is -2.26. The molecule has 0 unspecified atom stereocenters. The summed E-state index contributed by atoms with van der Waals surface area (Å²) in [7, 11) is -3.35. The first-order valence-corrected chi connectivity index (χ1v) is 11.1. The van der Waals surface area contributed by atoms with E-state index in [1.54, 1.807) is 78.9 Å². The van der Waals surface area contributed by atoms with Gasteiger partial charge in [0.25, 0.3) is 11.8 Å². The maximum Gasteiger partial charge on any atom is 0.255 e. The van der Waals surface area contributed by atoms with E-state index in [1.165, 1.54) is 0 Å². The van der Waals surface area contributed by atoms with E-state index in [9.17, 15) is 18.0 Å². The molecule has 30 heavy (non-hydrogen) atoms. The van der Waals surface area contributed by atoms with Crippen LogP contribution in [0, 0.1) is 0 Å². The molecule has 0 aliphatic carbocycles. The van der Waals surface area contributed by atoms with Crippen molar-refractivity contribution in [1.82, 2.24) is 5.32 Å². The highest BCUT2D eigenvalue weighted by molar-refractivity contribution is 7.91. The van der Waals surface area contributed by atoms with E-state index in [1.807, 2.05) is 6.07 Å². The van der Waals surface area contributed by atoms with Crippen LogP contribution >= 0.6 is 0 Å². The molecule has 0 aliphatic heterocycles. The van der Waals surface area contributed by atoms with E-state index in [2.05, 4.69) is 10.6 Å². The number of hydrogen-bond donors (Lipinski definition) is 2. The van der Waals surface area contributed by atoms with Crippen LogP contribution in [-0.4, -0.2) is 32.5 Å². The lowest BCUT2D eigenvalue weighted by Gasteiger charge is -2.08. The smallest absolute Gasteiger partial charge is 0.255 e. The molecule has 6 nitrogen and oxygen atoms in total. The van der Waals surface area contributed by atoms with Crippen molar-refractivity contribution in [3.05, 3.63) is 96.1 Å². The molecule has 0 spiro atoms. The summed E-state index contributed by atoms with van der Waals surface area (Å²) in [5.41, 5.74) is 1.55. The summed E-state index contributed by atoms with van der Waals surface area (Å²) in [5, 5.41) is 5.49. The number of nitrogens with one attached hydrogen (secondary N) is 2. The van der Waals surface area contributed by atoms with E-state index >= 15 is 0 Å². The van der Waals surface area contributed by atoms with Crippen LogP contribution in [0.2, 0.25) is 0 Å². The molecule has 2 N–H and O–H groups in total. The van der Waals surface area contributed by atoms with Crippen molar-refractivity contribution < 1.29 is 18.0 Å². The normalized spacial score (nSPS) is 10.9. The molecule has 154 valence electrons. The topological polar surface area (TPSA) is 92.3 Å². The van der Waals surface area contributed by atoms with Crippen molar-refractivity contribution in [2.75, 3.05) is 17.6 Å². The summed E-state index contributed by atoms with van der Waals surface area (Å²) in [6.07, 6.45) is 0.314. The van der Waals surface area contributed by atoms with Crippen molar-refractivity contribution in [2.45, 2.75) is 11.3 Å². The van der Waals surface area contributed by atoms with Gasteiger partial charge in [-0.3, -0.25) is 9.59 Å². The number of benzene rings is 3. The van der Waals surface area contributed by atoms with E-state index in [4.69, 9.17) is 0 Å². The van der Waals surface area contributed by atoms with Gasteiger partial charge in [-0.1, -0.05) is 36.4 Å². The molecular formula is C23H22N2O4S. The predicted molar refractivity (Wildman–Crippen MR) is 116 cm³/mol. The number of anilines is 1. The van der Waals surface area contributed by atoms with Gasteiger partial charge in [-0.05, 0) is 55.0 Å². The Kier molecular flexibility index (Phi) is 6.98. The Bertz CT molecular complexity index is 1100. The molecule has 0 saturated heterocycles. The molecule has 0 aliphatic rings. The Labute approximate surface area is 175 Å². The molecule has 0 radical (unpaired) electrons. The largest absolute Gasteiger partial charge is 0.352 e. The molecule has 0 atom stereocenters. The maximum absolute atomic E-state index is 12.2. The SMILES string of the molecule is O=C(NCCCS(=O)(=O)c1ccccc1)c1ccc(NC(=O)c2ccccc2)cc1. The minimum atomic E-state index is -3.35. The van der Waals surface area contributed by atoms with Crippen molar-refractivity contribution in [1.29, 1.82) is 0 Å². The van der Waals surface area contributed by atoms with E-state index in [0.29, 0.717) is 23.2 Å². The Morgan fingerprint density at radius 1 is 0.700 bits per heavy atom. The molecule has 3 aromatic carbocycles. The van der Waals surface area contributed by atoms with Crippen LogP contribution < -0.4 is 10.6 Å². The Morgan fingerprint density at radius 3 is 1.90 bits per heavy atom. The summed E-state index contributed by atoms with van der Waals surface area (Å²) < 4.78 is 24.5. The minimum absolute atomic E-state index is 0.0399. The van der Waals surface area contributed by atoms with Crippen LogP contribution in [0.15, 0.2) is 89.8 Å². The zero-order valence-corrected chi connectivity index (χ0v) is 17.1. The molecule has 0 fully saturated rings. The van der Waals surface area contributed by atoms with Crippen LogP contribution in [0.3, 0.4) is 0 Å². The fourth-order valence-corrected chi connectivity index (χ4v) is 4.14. The Hall–Kier alpha value is -3.45. The predicted octanol–water partition coefficient (Wildman–Crippen LogP) is 3.53. The first-order chi connectivity index (χ1) is 14.5. The van der Waals surface area contributed by atoms with E-state index in [0.717, 1.165) is 0 Å². The van der Waals surface area contributed by atoms with Gasteiger partial charge >= 0.3 is 0 Å². The van der Waals surface area contributed by atoms with E-state index in [-0.39, 0.29) is 29.0 Å². The first-order valence-electron chi connectivity index (χ1n) is 9.48. The summed E-state index contributed by atoms with van der Waals surface area (Å²) in [4.78, 5) is 24.7. The van der Waals surface area contributed by atoms with E-state index < -0.39 is 9.84 Å². The van der Waals surface area contributed by atoms with Crippen LogP contribution in [-0.2, 0) is 9.84 Å². The molecule has 0 saturated carbocycles. The maximum atomic E-state index is 12.2. The average molecular weight is 423 g/mol. The van der Waals surface area contributed by atoms with Crippen molar-refractivity contribution in [2.24, 2.45) is 0 Å². The van der Waals surface area contributed by atoms with Gasteiger partial charge in [0.15, 0.2) is 9.84 Å². The number of sulfone groups is 1. The van der Waals surface area contributed by atoms with Gasteiger partial charge in [-0.15, -0.1) is 0 Å². The molecular weight excluding hydrogens is 400 g/mol. The highest BCUT2D eigenvalue weighted by Gasteiger charge is 2.14. The Balaban J connectivity index is 1.47. The molecule has 2 amide bonds. The highest BCUT2D eigenvalue weighted by atomic mass is 32.2. The summed E-state index contributed by atoms with van der Waals surface area (Å²) in [6, 6.07) is 23.6. The molecule has 3 aromatic rings. The monoisotopic (exact) mass is 422 g/mol. The number of hydrogen-bond acceptors (Lipinski definition) is 4. The van der Waals surface area contributed by atoms with Crippen LogP contribution in [0.4, 0.5) is 5.69 Å². The molecule has 7 heteroatoms. The van der Waals surface area contributed by atoms with Crippen LogP contribution in [0.1, 0.15) is 27.1 Å². The van der Waals surface area contributed by atoms with Crippen molar-refractivity contribution in [3.63, 3.8) is 0 Å². The van der Waals surface area contributed by atoms with Gasteiger partial charge < -0.3 is 10.6 Å². The number of rotatable bonds is 8. The van der Waals surface area contributed by atoms with Crippen LogP contribution in [0.25, 0.3) is 0 Å². The lowest BCUT2D eigenvalue weighted by molar-refractivity contribution is 0.0953. The number of amides is 2. The molecule has 0 bridgehead atoms. The third-order valence-corrected chi connectivity index (χ3v) is 6.24. The van der Waals surface area contributed by atoms with Gasteiger partial charge in [0, 0.05) is 23.4 Å². The second-order valence-electron chi connectivity index (χ2n) is 6.64.